The SMILES string of the molecule is CCCCC(Cc1cc(Cl)ccc1F)NC(C)C. The molecule has 0 saturated heterocycles. The molecular weight excluding hydrogens is 249 g/mol. The van der Waals surface area contributed by atoms with E-state index in [4.69, 9.17) is 11.6 Å². The molecule has 1 N–H and O–H groups in total. The summed E-state index contributed by atoms with van der Waals surface area (Å²) in [6.45, 7) is 6.41. The van der Waals surface area contributed by atoms with Crippen molar-refractivity contribution in [3.63, 3.8) is 0 Å². The van der Waals surface area contributed by atoms with Gasteiger partial charge < -0.3 is 5.32 Å². The lowest BCUT2D eigenvalue weighted by Gasteiger charge is -2.21. The highest BCUT2D eigenvalue weighted by Crippen LogP contribution is 2.18. The van der Waals surface area contributed by atoms with Gasteiger partial charge in [0.15, 0.2) is 0 Å². The first-order chi connectivity index (χ1) is 8.52. The maximum Gasteiger partial charge on any atom is 0.126 e. The summed E-state index contributed by atoms with van der Waals surface area (Å²) in [6.07, 6.45) is 4.09. The Morgan fingerprint density at radius 2 is 2.06 bits per heavy atom. The van der Waals surface area contributed by atoms with Gasteiger partial charge in [-0.2, -0.15) is 0 Å². The second-order valence-electron chi connectivity index (χ2n) is 5.10. The Morgan fingerprint density at radius 1 is 1.33 bits per heavy atom. The summed E-state index contributed by atoms with van der Waals surface area (Å²) in [6, 6.07) is 5.51. The average Bonchev–Trinajstić information content (AvgIpc) is 2.30. The number of hydrogen-bond donors (Lipinski definition) is 1. The molecular formula is C15H23ClFN. The van der Waals surface area contributed by atoms with Gasteiger partial charge in [0, 0.05) is 17.1 Å². The maximum atomic E-state index is 13.7. The summed E-state index contributed by atoms with van der Waals surface area (Å²) in [5.41, 5.74) is 0.705. The van der Waals surface area contributed by atoms with Crippen LogP contribution in [0.3, 0.4) is 0 Å². The highest BCUT2D eigenvalue weighted by Gasteiger charge is 2.13. The molecule has 0 aromatic heterocycles. The number of halogens is 2. The van der Waals surface area contributed by atoms with Crippen molar-refractivity contribution >= 4 is 11.6 Å². The third kappa shape index (κ3) is 5.36. The molecule has 0 aliphatic heterocycles. The van der Waals surface area contributed by atoms with Gasteiger partial charge in [0.25, 0.3) is 0 Å². The highest BCUT2D eigenvalue weighted by molar-refractivity contribution is 6.30. The number of nitrogens with one attached hydrogen (secondary N) is 1. The predicted octanol–water partition coefficient (Wildman–Crippen LogP) is 4.58. The van der Waals surface area contributed by atoms with Crippen molar-refractivity contribution in [2.24, 2.45) is 0 Å². The zero-order valence-corrected chi connectivity index (χ0v) is 12.2. The van der Waals surface area contributed by atoms with Crippen LogP contribution < -0.4 is 5.32 Å². The van der Waals surface area contributed by atoms with Gasteiger partial charge in [0.2, 0.25) is 0 Å². The van der Waals surface area contributed by atoms with Gasteiger partial charge in [-0.15, -0.1) is 0 Å². The summed E-state index contributed by atoms with van der Waals surface area (Å²) in [5.74, 6) is -0.161. The molecule has 0 radical (unpaired) electrons. The largest absolute Gasteiger partial charge is 0.311 e. The summed E-state index contributed by atoms with van der Waals surface area (Å²) < 4.78 is 13.7. The van der Waals surface area contributed by atoms with Crippen LogP contribution in [0.4, 0.5) is 4.39 Å². The highest BCUT2D eigenvalue weighted by atomic mass is 35.5. The first-order valence-electron chi connectivity index (χ1n) is 6.73. The minimum Gasteiger partial charge on any atom is -0.311 e. The standard InChI is InChI=1S/C15H23ClFN/c1-4-5-6-14(18-11(2)3)10-12-9-13(16)7-8-15(12)17/h7-9,11,14,18H,4-6,10H2,1-3H3. The van der Waals surface area contributed by atoms with E-state index in [1.165, 1.54) is 6.07 Å². The molecule has 0 bridgehead atoms. The van der Waals surface area contributed by atoms with Gasteiger partial charge >= 0.3 is 0 Å². The van der Waals surface area contributed by atoms with Gasteiger partial charge in [0.05, 0.1) is 0 Å². The van der Waals surface area contributed by atoms with Gasteiger partial charge in [0.1, 0.15) is 5.82 Å². The number of benzene rings is 1. The average molecular weight is 272 g/mol. The minimum atomic E-state index is -0.161. The molecule has 0 heterocycles. The van der Waals surface area contributed by atoms with Crippen molar-refractivity contribution in [2.45, 2.75) is 58.5 Å². The van der Waals surface area contributed by atoms with E-state index < -0.39 is 0 Å². The molecule has 1 aromatic carbocycles. The van der Waals surface area contributed by atoms with Crippen molar-refractivity contribution in [3.05, 3.63) is 34.6 Å². The lowest BCUT2D eigenvalue weighted by molar-refractivity contribution is 0.419. The molecule has 102 valence electrons. The van der Waals surface area contributed by atoms with E-state index in [1.807, 2.05) is 0 Å². The second kappa shape index (κ2) is 7.75. The van der Waals surface area contributed by atoms with E-state index in [0.717, 1.165) is 19.3 Å². The second-order valence-corrected chi connectivity index (χ2v) is 5.54. The van der Waals surface area contributed by atoms with Crippen LogP contribution in [0.2, 0.25) is 5.02 Å². The van der Waals surface area contributed by atoms with Crippen molar-refractivity contribution in [1.29, 1.82) is 0 Å². The molecule has 1 nitrogen and oxygen atoms in total. The molecule has 1 atom stereocenters. The number of hydrogen-bond acceptors (Lipinski definition) is 1. The fraction of sp³-hybridized carbons (Fsp3) is 0.600. The Bertz CT molecular complexity index is 366. The van der Waals surface area contributed by atoms with E-state index in [1.54, 1.807) is 12.1 Å². The Balaban J connectivity index is 2.71. The van der Waals surface area contributed by atoms with E-state index in [9.17, 15) is 4.39 Å². The van der Waals surface area contributed by atoms with Gasteiger partial charge in [-0.1, -0.05) is 45.2 Å². The predicted molar refractivity (Wildman–Crippen MR) is 76.7 cm³/mol. The summed E-state index contributed by atoms with van der Waals surface area (Å²) >= 11 is 5.92. The first kappa shape index (κ1) is 15.5. The third-order valence-electron chi connectivity index (χ3n) is 2.95. The van der Waals surface area contributed by atoms with Crippen LogP contribution in [0.15, 0.2) is 18.2 Å². The zero-order chi connectivity index (χ0) is 13.5. The van der Waals surface area contributed by atoms with Crippen molar-refractivity contribution in [3.8, 4) is 0 Å². The summed E-state index contributed by atoms with van der Waals surface area (Å²) in [7, 11) is 0. The van der Waals surface area contributed by atoms with Crippen LogP contribution >= 0.6 is 11.6 Å². The molecule has 0 spiro atoms. The monoisotopic (exact) mass is 271 g/mol. The fourth-order valence-corrected chi connectivity index (χ4v) is 2.33. The molecule has 0 amide bonds. The summed E-state index contributed by atoms with van der Waals surface area (Å²) in [5, 5.41) is 4.10. The number of unbranched alkanes of at least 4 members (excludes halogenated alkanes) is 1. The van der Waals surface area contributed by atoms with E-state index in [2.05, 4.69) is 26.1 Å². The van der Waals surface area contributed by atoms with Crippen molar-refractivity contribution in [2.75, 3.05) is 0 Å². The quantitative estimate of drug-likeness (QED) is 0.765. The minimum absolute atomic E-state index is 0.161. The van der Waals surface area contributed by atoms with E-state index in [-0.39, 0.29) is 5.82 Å². The van der Waals surface area contributed by atoms with E-state index >= 15 is 0 Å². The Labute approximate surface area is 115 Å². The maximum absolute atomic E-state index is 13.7. The van der Waals surface area contributed by atoms with Crippen molar-refractivity contribution in [1.82, 2.24) is 5.32 Å². The molecule has 3 heteroatoms. The van der Waals surface area contributed by atoms with Crippen LogP contribution in [0, 0.1) is 5.82 Å². The lowest BCUT2D eigenvalue weighted by atomic mass is 10.00. The van der Waals surface area contributed by atoms with Crippen LogP contribution in [0.1, 0.15) is 45.6 Å². The molecule has 1 rings (SSSR count). The molecule has 1 aromatic rings. The Morgan fingerprint density at radius 3 is 2.67 bits per heavy atom. The molecule has 0 aliphatic carbocycles. The molecule has 0 fully saturated rings. The van der Waals surface area contributed by atoms with Crippen LogP contribution in [-0.2, 0) is 6.42 Å². The van der Waals surface area contributed by atoms with E-state index in [0.29, 0.717) is 29.1 Å². The first-order valence-corrected chi connectivity index (χ1v) is 7.10. The molecule has 18 heavy (non-hydrogen) atoms. The van der Waals surface area contributed by atoms with Crippen LogP contribution in [0.25, 0.3) is 0 Å². The van der Waals surface area contributed by atoms with Gasteiger partial charge in [-0.25, -0.2) is 4.39 Å². The fourth-order valence-electron chi connectivity index (χ4n) is 2.13. The Hall–Kier alpha value is -0.600. The molecule has 0 aliphatic rings. The lowest BCUT2D eigenvalue weighted by Crippen LogP contribution is -2.36. The summed E-state index contributed by atoms with van der Waals surface area (Å²) in [4.78, 5) is 0. The topological polar surface area (TPSA) is 12.0 Å². The van der Waals surface area contributed by atoms with Crippen LogP contribution in [-0.4, -0.2) is 12.1 Å². The Kier molecular flexibility index (Phi) is 6.66. The van der Waals surface area contributed by atoms with Gasteiger partial charge in [-0.05, 0) is 36.6 Å². The van der Waals surface area contributed by atoms with Crippen LogP contribution in [0.5, 0.6) is 0 Å². The molecule has 0 saturated carbocycles. The third-order valence-corrected chi connectivity index (χ3v) is 3.18. The number of rotatable bonds is 7. The molecule has 1 unspecified atom stereocenters. The van der Waals surface area contributed by atoms with Crippen molar-refractivity contribution < 1.29 is 4.39 Å². The zero-order valence-electron chi connectivity index (χ0n) is 11.5. The smallest absolute Gasteiger partial charge is 0.126 e. The van der Waals surface area contributed by atoms with Gasteiger partial charge in [-0.3, -0.25) is 0 Å². The normalized spacial score (nSPS) is 13.0.